The van der Waals surface area contributed by atoms with E-state index in [0.29, 0.717) is 11.1 Å². The predicted octanol–water partition coefficient (Wildman–Crippen LogP) is 2.71. The molecule has 0 atom stereocenters. The maximum absolute atomic E-state index is 12.9. The molecule has 1 aromatic heterocycles. The summed E-state index contributed by atoms with van der Waals surface area (Å²) in [6, 6.07) is 2.19. The summed E-state index contributed by atoms with van der Waals surface area (Å²) in [5.74, 6) is -0.330. The van der Waals surface area contributed by atoms with Crippen LogP contribution in [-0.4, -0.2) is 18.4 Å². The van der Waals surface area contributed by atoms with E-state index in [1.165, 1.54) is 12.3 Å². The van der Waals surface area contributed by atoms with Gasteiger partial charge in [-0.2, -0.15) is 13.2 Å². The number of aromatic nitrogens is 1. The van der Waals surface area contributed by atoms with Crippen molar-refractivity contribution in [3.8, 4) is 22.6 Å². The lowest BCUT2D eigenvalue weighted by Gasteiger charge is -2.24. The second-order valence-electron chi connectivity index (χ2n) is 4.12. The first-order valence-electron chi connectivity index (χ1n) is 5.69. The normalized spacial score (nSPS) is 14.3. The number of hydrogen-bond acceptors (Lipinski definition) is 5. The van der Waals surface area contributed by atoms with E-state index < -0.39 is 11.7 Å². The summed E-state index contributed by atoms with van der Waals surface area (Å²) < 4.78 is 54.0. The van der Waals surface area contributed by atoms with Crippen molar-refractivity contribution >= 4 is 5.88 Å². The van der Waals surface area contributed by atoms with E-state index in [0.717, 1.165) is 6.07 Å². The average Bonchev–Trinajstić information content (AvgIpc) is 2.82. The summed E-state index contributed by atoms with van der Waals surface area (Å²) in [6.45, 7) is 0.213. The molecule has 1 aromatic carbocycles. The zero-order chi connectivity index (χ0) is 14.3. The molecule has 106 valence electrons. The number of anilines is 1. The van der Waals surface area contributed by atoms with E-state index in [4.69, 9.17) is 19.7 Å². The fourth-order valence-electron chi connectivity index (χ4n) is 2.02. The standard InChI is InChI=1S/C12H9F3N2O3/c13-12(14,15)8-2-1-6(7-5-17-20-11(7)16)9-10(8)19-4-3-18-9/h1-2,5H,3-4,16H2. The zero-order valence-electron chi connectivity index (χ0n) is 10.0. The van der Waals surface area contributed by atoms with Crippen LogP contribution in [-0.2, 0) is 6.18 Å². The number of ether oxygens (including phenoxy) is 2. The van der Waals surface area contributed by atoms with E-state index >= 15 is 0 Å². The number of halogens is 3. The van der Waals surface area contributed by atoms with Crippen molar-refractivity contribution in [3.63, 3.8) is 0 Å². The van der Waals surface area contributed by atoms with Gasteiger partial charge in [0.25, 0.3) is 0 Å². The van der Waals surface area contributed by atoms with Crippen molar-refractivity contribution < 1.29 is 27.2 Å². The van der Waals surface area contributed by atoms with Crippen LogP contribution in [0.15, 0.2) is 22.9 Å². The highest BCUT2D eigenvalue weighted by molar-refractivity contribution is 5.80. The molecule has 1 aliphatic heterocycles. The number of nitrogen functional groups attached to an aromatic ring is 1. The van der Waals surface area contributed by atoms with Crippen LogP contribution < -0.4 is 15.2 Å². The van der Waals surface area contributed by atoms with Gasteiger partial charge in [-0.25, -0.2) is 0 Å². The van der Waals surface area contributed by atoms with E-state index in [2.05, 4.69) is 5.16 Å². The predicted molar refractivity (Wildman–Crippen MR) is 62.3 cm³/mol. The van der Waals surface area contributed by atoms with Crippen LogP contribution in [0.1, 0.15) is 5.56 Å². The van der Waals surface area contributed by atoms with Gasteiger partial charge >= 0.3 is 6.18 Å². The molecular formula is C12H9F3N2O3. The molecule has 1 aliphatic rings. The van der Waals surface area contributed by atoms with Gasteiger partial charge in [-0.3, -0.25) is 0 Å². The average molecular weight is 286 g/mol. The minimum atomic E-state index is -4.52. The first kappa shape index (κ1) is 12.6. The third-order valence-corrected chi connectivity index (χ3v) is 2.88. The Balaban J connectivity index is 2.22. The zero-order valence-corrected chi connectivity index (χ0v) is 10.0. The fraction of sp³-hybridized carbons (Fsp3) is 0.250. The Morgan fingerprint density at radius 2 is 1.75 bits per heavy atom. The van der Waals surface area contributed by atoms with Crippen molar-refractivity contribution in [3.05, 3.63) is 23.9 Å². The molecule has 0 bridgehead atoms. The number of nitrogens with zero attached hydrogens (tertiary/aromatic N) is 1. The second-order valence-corrected chi connectivity index (χ2v) is 4.12. The first-order chi connectivity index (χ1) is 9.48. The molecule has 0 aliphatic carbocycles. The molecule has 2 N–H and O–H groups in total. The largest absolute Gasteiger partial charge is 0.485 e. The maximum atomic E-state index is 12.9. The number of benzene rings is 1. The van der Waals surface area contributed by atoms with Crippen LogP contribution in [0.2, 0.25) is 0 Å². The molecule has 0 spiro atoms. The molecule has 0 fully saturated rings. The van der Waals surface area contributed by atoms with Gasteiger partial charge in [0.15, 0.2) is 11.5 Å². The summed E-state index contributed by atoms with van der Waals surface area (Å²) in [6.07, 6.45) is -3.21. The van der Waals surface area contributed by atoms with Gasteiger partial charge < -0.3 is 19.7 Å². The lowest BCUT2D eigenvalue weighted by molar-refractivity contribution is -0.139. The Kier molecular flexibility index (Phi) is 2.73. The maximum Gasteiger partial charge on any atom is 0.420 e. The van der Waals surface area contributed by atoms with E-state index in [1.807, 2.05) is 0 Å². The third-order valence-electron chi connectivity index (χ3n) is 2.88. The van der Waals surface area contributed by atoms with Crippen molar-refractivity contribution in [1.29, 1.82) is 0 Å². The van der Waals surface area contributed by atoms with Gasteiger partial charge in [-0.05, 0) is 12.1 Å². The summed E-state index contributed by atoms with van der Waals surface area (Å²) in [5, 5.41) is 3.50. The van der Waals surface area contributed by atoms with Crippen molar-refractivity contribution in [2.24, 2.45) is 0 Å². The highest BCUT2D eigenvalue weighted by atomic mass is 19.4. The molecule has 0 radical (unpaired) electrons. The number of nitrogens with two attached hydrogens (primary N) is 1. The van der Waals surface area contributed by atoms with Gasteiger partial charge in [0.05, 0.1) is 11.8 Å². The van der Waals surface area contributed by atoms with Gasteiger partial charge in [-0.15, -0.1) is 0 Å². The molecule has 5 nitrogen and oxygen atoms in total. The molecule has 3 rings (SSSR count). The molecule has 8 heteroatoms. The highest BCUT2D eigenvalue weighted by Gasteiger charge is 2.38. The van der Waals surface area contributed by atoms with Crippen LogP contribution in [0.5, 0.6) is 11.5 Å². The van der Waals surface area contributed by atoms with E-state index in [-0.39, 0.29) is 30.6 Å². The van der Waals surface area contributed by atoms with Crippen molar-refractivity contribution in [1.82, 2.24) is 5.16 Å². The van der Waals surface area contributed by atoms with Crippen LogP contribution in [0.4, 0.5) is 19.1 Å². The molecule has 2 aromatic rings. The van der Waals surface area contributed by atoms with Crippen LogP contribution in [0.3, 0.4) is 0 Å². The van der Waals surface area contributed by atoms with E-state index in [1.54, 1.807) is 0 Å². The quantitative estimate of drug-likeness (QED) is 0.872. The Bertz CT molecular complexity index is 652. The van der Waals surface area contributed by atoms with Crippen molar-refractivity contribution in [2.75, 3.05) is 18.9 Å². The van der Waals surface area contributed by atoms with Crippen molar-refractivity contribution in [2.45, 2.75) is 6.18 Å². The number of fused-ring (bicyclic) bond motifs is 1. The summed E-state index contributed by atoms with van der Waals surface area (Å²) in [5.41, 5.74) is 5.41. The van der Waals surface area contributed by atoms with Crippen LogP contribution in [0, 0.1) is 0 Å². The van der Waals surface area contributed by atoms with Gasteiger partial charge in [-0.1, -0.05) is 5.16 Å². The van der Waals surface area contributed by atoms with Gasteiger partial charge in [0, 0.05) is 5.56 Å². The Labute approximate surface area is 111 Å². The molecule has 20 heavy (non-hydrogen) atoms. The summed E-state index contributed by atoms with van der Waals surface area (Å²) >= 11 is 0. The Hall–Kier alpha value is -2.38. The SMILES string of the molecule is Nc1oncc1-c1ccc(C(F)(F)F)c2c1OCCO2. The Morgan fingerprint density at radius 1 is 1.05 bits per heavy atom. The molecule has 0 unspecified atom stereocenters. The molecule has 0 saturated carbocycles. The van der Waals surface area contributed by atoms with E-state index in [9.17, 15) is 13.2 Å². The number of alkyl halides is 3. The second kappa shape index (κ2) is 4.32. The smallest absolute Gasteiger partial charge is 0.420 e. The lowest BCUT2D eigenvalue weighted by atomic mass is 10.0. The topological polar surface area (TPSA) is 70.5 Å². The first-order valence-corrected chi connectivity index (χ1v) is 5.69. The number of rotatable bonds is 1. The number of hydrogen-bond donors (Lipinski definition) is 1. The van der Waals surface area contributed by atoms with Crippen LogP contribution >= 0.6 is 0 Å². The Morgan fingerprint density at radius 3 is 2.35 bits per heavy atom. The monoisotopic (exact) mass is 286 g/mol. The lowest BCUT2D eigenvalue weighted by Crippen LogP contribution is -2.19. The molecule has 0 amide bonds. The van der Waals surface area contributed by atoms with Gasteiger partial charge in [0.2, 0.25) is 5.88 Å². The molecule has 2 heterocycles. The molecule has 0 saturated heterocycles. The third kappa shape index (κ3) is 1.93. The van der Waals surface area contributed by atoms with Crippen LogP contribution in [0.25, 0.3) is 11.1 Å². The van der Waals surface area contributed by atoms with Gasteiger partial charge in [0.1, 0.15) is 18.8 Å². The summed E-state index contributed by atoms with van der Waals surface area (Å²) in [4.78, 5) is 0. The minimum absolute atomic E-state index is 0.000903. The minimum Gasteiger partial charge on any atom is -0.485 e. The molecular weight excluding hydrogens is 277 g/mol. The highest BCUT2D eigenvalue weighted by Crippen LogP contribution is 2.48. The fourth-order valence-corrected chi connectivity index (χ4v) is 2.02. The summed E-state index contributed by atoms with van der Waals surface area (Å²) in [7, 11) is 0.